The number of ether oxygens (including phenoxy) is 3. The van der Waals surface area contributed by atoms with E-state index in [4.69, 9.17) is 18.6 Å². The Bertz CT molecular complexity index is 1270. The Balaban J connectivity index is 1.20. The summed E-state index contributed by atoms with van der Waals surface area (Å²) in [7, 11) is 0. The molecule has 3 aromatic rings. The van der Waals surface area contributed by atoms with Gasteiger partial charge >= 0.3 is 12.1 Å². The highest BCUT2D eigenvalue weighted by Gasteiger charge is 2.34. The molecule has 11 heteroatoms. The van der Waals surface area contributed by atoms with Gasteiger partial charge in [-0.3, -0.25) is 4.79 Å². The van der Waals surface area contributed by atoms with Gasteiger partial charge in [-0.05, 0) is 36.8 Å². The molecule has 5 rings (SSSR count). The van der Waals surface area contributed by atoms with E-state index in [9.17, 15) is 22.8 Å². The van der Waals surface area contributed by atoms with Crippen LogP contribution < -0.4 is 10.2 Å². The predicted molar refractivity (Wildman–Crippen MR) is 127 cm³/mol. The van der Waals surface area contributed by atoms with E-state index in [1.807, 2.05) is 11.0 Å². The number of nitrogens with one attached hydrogen (secondary N) is 1. The number of hydrogen-bond acceptors (Lipinski definition) is 7. The fraction of sp³-hybridized carbons (Fsp3) is 0.385. The lowest BCUT2D eigenvalue weighted by molar-refractivity contribution is -0.146. The number of anilines is 1. The van der Waals surface area contributed by atoms with Crippen molar-refractivity contribution in [3.05, 3.63) is 65.4 Å². The normalized spacial score (nSPS) is 20.3. The molecule has 2 aliphatic rings. The van der Waals surface area contributed by atoms with E-state index in [0.29, 0.717) is 37.3 Å². The Morgan fingerprint density at radius 2 is 1.84 bits per heavy atom. The molecule has 1 aromatic heterocycles. The van der Waals surface area contributed by atoms with E-state index >= 15 is 0 Å². The fourth-order valence-corrected chi connectivity index (χ4v) is 4.42. The zero-order valence-corrected chi connectivity index (χ0v) is 19.8. The summed E-state index contributed by atoms with van der Waals surface area (Å²) in [4.78, 5) is 26.5. The summed E-state index contributed by atoms with van der Waals surface area (Å²) in [6.45, 7) is 1.70. The average Bonchev–Trinajstić information content (AvgIpc) is 3.21. The van der Waals surface area contributed by atoms with Gasteiger partial charge in [-0.25, -0.2) is 4.79 Å². The number of esters is 1. The Hall–Kier alpha value is -3.57. The maximum absolute atomic E-state index is 13.3. The Kier molecular flexibility index (Phi) is 7.07. The summed E-state index contributed by atoms with van der Waals surface area (Å²) in [6.07, 6.45) is -4.67. The molecule has 2 aromatic carbocycles. The van der Waals surface area contributed by atoms with Crippen LogP contribution in [0.4, 0.5) is 18.9 Å². The van der Waals surface area contributed by atoms with Gasteiger partial charge in [0.2, 0.25) is 5.76 Å². The van der Waals surface area contributed by atoms with Crippen molar-refractivity contribution in [3.8, 4) is 0 Å². The van der Waals surface area contributed by atoms with Crippen LogP contribution in [-0.2, 0) is 20.4 Å². The number of benzene rings is 2. The second-order valence-electron chi connectivity index (χ2n) is 8.90. The van der Waals surface area contributed by atoms with Crippen LogP contribution in [-0.4, -0.2) is 63.5 Å². The predicted octanol–water partition coefficient (Wildman–Crippen LogP) is 4.03. The van der Waals surface area contributed by atoms with Crippen molar-refractivity contribution in [1.82, 2.24) is 5.32 Å². The quantitative estimate of drug-likeness (QED) is 0.493. The molecule has 8 nitrogen and oxygen atoms in total. The Morgan fingerprint density at radius 3 is 2.57 bits per heavy atom. The van der Waals surface area contributed by atoms with Crippen molar-refractivity contribution in [2.75, 3.05) is 44.4 Å². The maximum Gasteiger partial charge on any atom is 0.416 e. The first kappa shape index (κ1) is 25.1. The lowest BCUT2D eigenvalue weighted by Gasteiger charge is -2.31. The minimum absolute atomic E-state index is 0.00654. The molecule has 3 heterocycles. The number of amides is 1. The van der Waals surface area contributed by atoms with Gasteiger partial charge in [0.05, 0.1) is 36.1 Å². The van der Waals surface area contributed by atoms with Gasteiger partial charge in [-0.1, -0.05) is 18.2 Å². The molecule has 196 valence electrons. The van der Waals surface area contributed by atoms with E-state index in [0.717, 1.165) is 12.1 Å². The van der Waals surface area contributed by atoms with E-state index in [-0.39, 0.29) is 42.7 Å². The van der Waals surface area contributed by atoms with Crippen LogP contribution in [0.2, 0.25) is 0 Å². The molecule has 1 fully saturated rings. The Morgan fingerprint density at radius 1 is 1.08 bits per heavy atom. The lowest BCUT2D eigenvalue weighted by atomic mass is 10.1. The number of furan rings is 1. The smallest absolute Gasteiger partial charge is 0.416 e. The van der Waals surface area contributed by atoms with Crippen LogP contribution in [0.1, 0.15) is 32.9 Å². The van der Waals surface area contributed by atoms with Crippen LogP contribution in [0.25, 0.3) is 11.0 Å². The number of carbonyl (C=O) groups is 2. The fourth-order valence-electron chi connectivity index (χ4n) is 4.42. The summed E-state index contributed by atoms with van der Waals surface area (Å²) in [6, 6.07) is 11.8. The monoisotopic (exact) mass is 518 g/mol. The number of carbonyl (C=O) groups excluding carboxylic acids is 2. The molecule has 2 aliphatic heterocycles. The van der Waals surface area contributed by atoms with Crippen LogP contribution in [0, 0.1) is 0 Å². The molecular weight excluding hydrogens is 493 g/mol. The first-order valence-corrected chi connectivity index (χ1v) is 11.9. The van der Waals surface area contributed by atoms with Gasteiger partial charge in [0.25, 0.3) is 5.91 Å². The minimum Gasteiger partial charge on any atom is -0.459 e. The number of hydrogen-bond donors (Lipinski definition) is 1. The summed E-state index contributed by atoms with van der Waals surface area (Å²) in [5, 5.41) is 2.96. The van der Waals surface area contributed by atoms with Gasteiger partial charge in [-0.15, -0.1) is 0 Å². The zero-order valence-electron chi connectivity index (χ0n) is 19.8. The van der Waals surface area contributed by atoms with Crippen LogP contribution >= 0.6 is 0 Å². The van der Waals surface area contributed by atoms with Crippen LogP contribution in [0.5, 0.6) is 0 Å². The van der Waals surface area contributed by atoms with Crippen LogP contribution in [0.3, 0.4) is 0 Å². The highest BCUT2D eigenvalue weighted by atomic mass is 19.4. The molecule has 0 bridgehead atoms. The molecule has 2 atom stereocenters. The largest absolute Gasteiger partial charge is 0.459 e. The molecule has 0 aliphatic carbocycles. The molecule has 1 N–H and O–H groups in total. The van der Waals surface area contributed by atoms with Crippen LogP contribution in [0.15, 0.2) is 52.9 Å². The van der Waals surface area contributed by atoms with Gasteiger partial charge in [-0.2, -0.15) is 13.2 Å². The lowest BCUT2D eigenvalue weighted by Crippen LogP contribution is -2.41. The van der Waals surface area contributed by atoms with Crippen molar-refractivity contribution >= 4 is 28.5 Å². The average molecular weight is 518 g/mol. The van der Waals surface area contributed by atoms with Crippen molar-refractivity contribution < 1.29 is 41.4 Å². The number of rotatable bonds is 6. The standard InChI is InChI=1S/C26H25F3N2O6/c27-26(28,29)17-6-7-21-20(12-17)22-23(37-21)24(32)30-9-11-31(22)10-8-18-13-35-19(14-34-18)15-36-25(33)16-4-2-1-3-5-16/h1-7,12,18-19H,8-11,13-15H2,(H,30,32)/t18-,19+/m1/s1. The van der Waals surface area contributed by atoms with Gasteiger partial charge < -0.3 is 28.8 Å². The topological polar surface area (TPSA) is 90.2 Å². The third-order valence-electron chi connectivity index (χ3n) is 6.35. The third-order valence-corrected chi connectivity index (χ3v) is 6.35. The van der Waals surface area contributed by atoms with Crippen molar-refractivity contribution in [1.29, 1.82) is 0 Å². The van der Waals surface area contributed by atoms with E-state index in [1.165, 1.54) is 6.07 Å². The van der Waals surface area contributed by atoms with E-state index in [2.05, 4.69) is 5.32 Å². The molecule has 0 unspecified atom stereocenters. The second-order valence-corrected chi connectivity index (χ2v) is 8.90. The number of fused-ring (bicyclic) bond motifs is 3. The number of halogens is 3. The van der Waals surface area contributed by atoms with Gasteiger partial charge in [0.15, 0.2) is 0 Å². The first-order valence-electron chi connectivity index (χ1n) is 11.9. The summed E-state index contributed by atoms with van der Waals surface area (Å²) in [5.74, 6) is -0.909. The highest BCUT2D eigenvalue weighted by molar-refractivity contribution is 6.07. The molecule has 0 radical (unpaired) electrons. The van der Waals surface area contributed by atoms with E-state index in [1.54, 1.807) is 24.3 Å². The number of alkyl halides is 3. The summed E-state index contributed by atoms with van der Waals surface area (Å²) in [5.41, 5.74) is 0.205. The van der Waals surface area contributed by atoms with Crippen molar-refractivity contribution in [2.24, 2.45) is 0 Å². The van der Waals surface area contributed by atoms with E-state index < -0.39 is 29.7 Å². The molecule has 37 heavy (non-hydrogen) atoms. The minimum atomic E-state index is -4.52. The number of nitrogens with zero attached hydrogens (tertiary/aromatic N) is 1. The first-order chi connectivity index (χ1) is 17.8. The van der Waals surface area contributed by atoms with Crippen molar-refractivity contribution in [3.63, 3.8) is 0 Å². The SMILES string of the molecule is O=C(OC[C@@H]1CO[C@H](CCN2CCNC(=O)c3oc4ccc(C(F)(F)F)cc4c32)CO1)c1ccccc1. The molecule has 0 saturated carbocycles. The molecule has 1 saturated heterocycles. The van der Waals surface area contributed by atoms with Crippen molar-refractivity contribution in [2.45, 2.75) is 24.8 Å². The second kappa shape index (κ2) is 10.4. The van der Waals surface area contributed by atoms with Gasteiger partial charge in [0, 0.05) is 25.0 Å². The molecule has 1 amide bonds. The summed E-state index contributed by atoms with van der Waals surface area (Å²) < 4.78 is 62.7. The third kappa shape index (κ3) is 5.57. The summed E-state index contributed by atoms with van der Waals surface area (Å²) >= 11 is 0. The highest BCUT2D eigenvalue weighted by Crippen LogP contribution is 2.39. The molecule has 0 spiro atoms. The maximum atomic E-state index is 13.3. The zero-order chi connectivity index (χ0) is 26.0. The van der Waals surface area contributed by atoms with Gasteiger partial charge in [0.1, 0.15) is 18.3 Å². The molecular formula is C26H25F3N2O6. The Labute approximate surface area is 210 Å².